The van der Waals surface area contributed by atoms with Crippen LogP contribution in [-0.2, 0) is 0 Å². The predicted molar refractivity (Wildman–Crippen MR) is 147 cm³/mol. The highest BCUT2D eigenvalue weighted by Gasteiger charge is 2.29. The van der Waals surface area contributed by atoms with Gasteiger partial charge in [-0.2, -0.15) is 50.7 Å². The molecule has 0 unspecified atom stereocenters. The van der Waals surface area contributed by atoms with E-state index >= 15 is 0 Å². The van der Waals surface area contributed by atoms with E-state index in [-0.39, 0.29) is 46.8 Å². The van der Waals surface area contributed by atoms with Gasteiger partial charge in [-0.25, -0.2) is 19.7 Å². The highest BCUT2D eigenvalue weighted by Crippen LogP contribution is 2.25. The van der Waals surface area contributed by atoms with Crippen molar-refractivity contribution in [2.24, 2.45) is 0 Å². The number of rotatable bonds is 9. The largest absolute Gasteiger partial charge is 0.478 e. The molecule has 5 aromatic rings. The highest BCUT2D eigenvalue weighted by molar-refractivity contribution is 5.87. The van der Waals surface area contributed by atoms with Crippen molar-refractivity contribution >= 4 is 23.6 Å². The van der Waals surface area contributed by atoms with Crippen molar-refractivity contribution in [1.82, 2.24) is 40.0 Å². The summed E-state index contributed by atoms with van der Waals surface area (Å²) in [6.45, 7) is -2.91. The lowest BCUT2D eigenvalue weighted by atomic mass is 10.3. The summed E-state index contributed by atoms with van der Waals surface area (Å²) >= 11 is 0. The lowest BCUT2D eigenvalue weighted by Gasteiger charge is -2.16. The number of carboxylic acid groups (broad SMARTS) is 1. The first-order valence-electron chi connectivity index (χ1n) is 12.8. The Morgan fingerprint density at radius 1 is 0.833 bits per heavy atom. The zero-order chi connectivity index (χ0) is 35.1. The first-order valence-corrected chi connectivity index (χ1v) is 12.8. The van der Waals surface area contributed by atoms with Gasteiger partial charge in [-0.1, -0.05) is 5.16 Å². The summed E-state index contributed by atoms with van der Waals surface area (Å²) in [5, 5.41) is 12.3. The fourth-order valence-corrected chi connectivity index (χ4v) is 3.24. The van der Waals surface area contributed by atoms with E-state index in [0.717, 1.165) is 18.3 Å². The SMILES string of the molecule is CN(c1ccc(F)nc1)c1nc(N)nc(-c2noc(-c3ccc(OCC(F)(F)F)nc3)n2)n1.O=C(O)c1ccc(OCC(F)(F)F)nc1. The number of aromatic nitrogens is 8. The summed E-state index contributed by atoms with van der Waals surface area (Å²) in [4.78, 5) is 39.1. The maximum absolute atomic E-state index is 13.1. The van der Waals surface area contributed by atoms with Crippen molar-refractivity contribution in [2.75, 3.05) is 30.9 Å². The van der Waals surface area contributed by atoms with Gasteiger partial charge in [0.25, 0.3) is 5.89 Å². The van der Waals surface area contributed by atoms with Gasteiger partial charge in [0.15, 0.2) is 13.2 Å². The van der Waals surface area contributed by atoms with Gasteiger partial charge in [-0.15, -0.1) is 0 Å². The molecule has 0 aliphatic heterocycles. The Kier molecular flexibility index (Phi) is 10.4. The second kappa shape index (κ2) is 14.5. The van der Waals surface area contributed by atoms with Crippen LogP contribution in [0.15, 0.2) is 59.5 Å². The summed E-state index contributed by atoms with van der Waals surface area (Å²) in [7, 11) is 1.61. The molecule has 0 saturated carbocycles. The number of anilines is 3. The average molecular weight is 684 g/mol. The van der Waals surface area contributed by atoms with Gasteiger partial charge in [0.2, 0.25) is 41.3 Å². The summed E-state index contributed by atoms with van der Waals surface area (Å²) < 4.78 is 98.9. The molecule has 0 aromatic carbocycles. The summed E-state index contributed by atoms with van der Waals surface area (Å²) in [5.74, 6) is -2.36. The smallest absolute Gasteiger partial charge is 0.422 e. The second-order valence-electron chi connectivity index (χ2n) is 9.02. The van der Waals surface area contributed by atoms with Crippen molar-refractivity contribution in [3.63, 3.8) is 0 Å². The van der Waals surface area contributed by atoms with Crippen LogP contribution in [0, 0.1) is 5.95 Å². The molecule has 3 N–H and O–H groups in total. The third-order valence-corrected chi connectivity index (χ3v) is 5.40. The highest BCUT2D eigenvalue weighted by atomic mass is 19.4. The van der Waals surface area contributed by atoms with Gasteiger partial charge in [0.05, 0.1) is 23.0 Å². The third kappa shape index (κ3) is 10.1. The van der Waals surface area contributed by atoms with Crippen LogP contribution < -0.4 is 20.1 Å². The van der Waals surface area contributed by atoms with Gasteiger partial charge < -0.3 is 29.7 Å². The van der Waals surface area contributed by atoms with E-state index in [1.54, 1.807) is 7.05 Å². The molecule has 0 radical (unpaired) electrons. The number of ether oxygens (including phenoxy) is 2. The molecular weight excluding hydrogens is 665 g/mol. The molecule has 0 saturated heterocycles. The number of halogens is 7. The van der Waals surface area contributed by atoms with Crippen LogP contribution in [0.5, 0.6) is 11.8 Å². The molecule has 48 heavy (non-hydrogen) atoms. The number of alkyl halides is 6. The molecule has 0 spiro atoms. The molecule has 5 aromatic heterocycles. The Morgan fingerprint density at radius 3 is 2.00 bits per heavy atom. The fourth-order valence-electron chi connectivity index (χ4n) is 3.24. The van der Waals surface area contributed by atoms with Crippen molar-refractivity contribution in [2.45, 2.75) is 12.4 Å². The Balaban J connectivity index is 0.000000291. The standard InChI is InChI=1S/C18H13F4N9O2.C8H6F3NO3/c1-31(10-3-4-11(19)24-7-10)17-28-13(27-16(23)29-17)14-26-15(33-30-14)9-2-5-12(25-6-9)32-8-18(20,21)22;9-8(10,11)4-15-6-2-1-5(3-12-6)7(13)14/h2-7H,8H2,1H3,(H2,23,27,28,29);1-3H,4H2,(H,13,14). The predicted octanol–water partition coefficient (Wildman–Crippen LogP) is 4.53. The molecule has 0 aliphatic carbocycles. The van der Waals surface area contributed by atoms with Crippen LogP contribution in [0.25, 0.3) is 23.1 Å². The Hall–Kier alpha value is -6.22. The van der Waals surface area contributed by atoms with Crippen LogP contribution in [0.2, 0.25) is 0 Å². The van der Waals surface area contributed by atoms with Gasteiger partial charge in [-0.05, 0) is 24.3 Å². The lowest BCUT2D eigenvalue weighted by Crippen LogP contribution is -2.19. The molecule has 22 heteroatoms. The second-order valence-corrected chi connectivity index (χ2v) is 9.02. The zero-order valence-electron chi connectivity index (χ0n) is 23.9. The van der Waals surface area contributed by atoms with Crippen LogP contribution >= 0.6 is 0 Å². The quantitative estimate of drug-likeness (QED) is 0.162. The molecule has 0 amide bonds. The molecule has 252 valence electrons. The van der Waals surface area contributed by atoms with E-state index in [1.165, 1.54) is 41.6 Å². The molecule has 0 fully saturated rings. The van der Waals surface area contributed by atoms with Gasteiger partial charge >= 0.3 is 18.3 Å². The normalized spacial score (nSPS) is 11.3. The van der Waals surface area contributed by atoms with E-state index < -0.39 is 37.5 Å². The first-order chi connectivity index (χ1) is 22.6. The monoisotopic (exact) mass is 684 g/mol. The number of hydrogen-bond acceptors (Lipinski definition) is 14. The number of hydrogen-bond donors (Lipinski definition) is 2. The number of carbonyl (C=O) groups is 1. The van der Waals surface area contributed by atoms with Crippen molar-refractivity contribution in [1.29, 1.82) is 0 Å². The minimum absolute atomic E-state index is 0.00693. The number of nitrogen functional groups attached to an aromatic ring is 1. The molecule has 15 nitrogen and oxygen atoms in total. The summed E-state index contributed by atoms with van der Waals surface area (Å²) in [6.07, 6.45) is -5.49. The van der Waals surface area contributed by atoms with Crippen LogP contribution in [0.4, 0.5) is 48.3 Å². The number of aromatic carboxylic acids is 1. The van der Waals surface area contributed by atoms with Gasteiger partial charge in [-0.3, -0.25) is 0 Å². The number of carboxylic acids is 1. The lowest BCUT2D eigenvalue weighted by molar-refractivity contribution is -0.154. The maximum Gasteiger partial charge on any atom is 0.422 e. The molecule has 5 rings (SSSR count). The third-order valence-electron chi connectivity index (χ3n) is 5.40. The number of nitrogens with zero attached hydrogens (tertiary/aromatic N) is 9. The van der Waals surface area contributed by atoms with E-state index in [4.69, 9.17) is 15.4 Å². The van der Waals surface area contributed by atoms with E-state index in [1.807, 2.05) is 0 Å². The summed E-state index contributed by atoms with van der Waals surface area (Å²) in [6, 6.07) is 7.46. The minimum atomic E-state index is -4.48. The molecule has 5 heterocycles. The van der Waals surface area contributed by atoms with Crippen LogP contribution in [-0.4, -0.2) is 83.7 Å². The maximum atomic E-state index is 13.1. The average Bonchev–Trinajstić information content (AvgIpc) is 3.53. The van der Waals surface area contributed by atoms with Crippen LogP contribution in [0.1, 0.15) is 10.4 Å². The minimum Gasteiger partial charge on any atom is -0.478 e. The number of pyridine rings is 3. The van der Waals surface area contributed by atoms with Gasteiger partial charge in [0.1, 0.15) is 0 Å². The van der Waals surface area contributed by atoms with E-state index in [0.29, 0.717) is 11.3 Å². The Morgan fingerprint density at radius 2 is 1.48 bits per heavy atom. The molecule has 0 bridgehead atoms. The van der Waals surface area contributed by atoms with Crippen molar-refractivity contribution in [3.05, 3.63) is 66.5 Å². The Labute approximate surface area is 263 Å². The first kappa shape index (κ1) is 34.6. The van der Waals surface area contributed by atoms with E-state index in [9.17, 15) is 35.5 Å². The zero-order valence-corrected chi connectivity index (χ0v) is 23.9. The van der Waals surface area contributed by atoms with Crippen molar-refractivity contribution < 1.29 is 54.6 Å². The van der Waals surface area contributed by atoms with Gasteiger partial charge in [0, 0.05) is 31.6 Å². The molecule has 0 aliphatic rings. The van der Waals surface area contributed by atoms with Crippen LogP contribution in [0.3, 0.4) is 0 Å². The Bertz CT molecular complexity index is 1820. The van der Waals surface area contributed by atoms with Crippen molar-refractivity contribution in [3.8, 4) is 34.9 Å². The number of nitrogens with two attached hydrogens (primary N) is 1. The topological polar surface area (TPSA) is 201 Å². The molecular formula is C26H19F7N10O5. The van der Waals surface area contributed by atoms with E-state index in [2.05, 4.69) is 49.5 Å². The molecule has 0 atom stereocenters. The fraction of sp³-hybridized carbons (Fsp3) is 0.192. The summed E-state index contributed by atoms with van der Waals surface area (Å²) in [5.41, 5.74) is 6.47.